The normalized spacial score (nSPS) is 24.9. The highest BCUT2D eigenvalue weighted by Crippen LogP contribution is 2.45. The van der Waals surface area contributed by atoms with Crippen molar-refractivity contribution >= 4 is 5.97 Å². The van der Waals surface area contributed by atoms with Crippen molar-refractivity contribution in [1.82, 2.24) is 9.88 Å². The predicted molar refractivity (Wildman–Crippen MR) is 99.3 cm³/mol. The molecule has 0 saturated heterocycles. The lowest BCUT2D eigenvalue weighted by atomic mass is 9.68. The van der Waals surface area contributed by atoms with Crippen LogP contribution in [0.2, 0.25) is 0 Å². The Morgan fingerprint density at radius 3 is 2.96 bits per heavy atom. The van der Waals surface area contributed by atoms with Crippen LogP contribution in [0.1, 0.15) is 30.7 Å². The van der Waals surface area contributed by atoms with Gasteiger partial charge in [0.25, 0.3) is 0 Å². The molecule has 134 valence electrons. The monoisotopic (exact) mass is 349 g/mol. The average molecular weight is 349 g/mol. The van der Waals surface area contributed by atoms with E-state index in [9.17, 15) is 9.90 Å². The van der Waals surface area contributed by atoms with Gasteiger partial charge >= 0.3 is 5.97 Å². The van der Waals surface area contributed by atoms with Gasteiger partial charge < -0.3 is 5.11 Å². The van der Waals surface area contributed by atoms with E-state index in [2.05, 4.69) is 23.7 Å². The molecule has 3 unspecified atom stereocenters. The Hall–Kier alpha value is -2.71. The Labute approximate surface area is 154 Å². The summed E-state index contributed by atoms with van der Waals surface area (Å²) in [6.45, 7) is 4.12. The van der Waals surface area contributed by atoms with Gasteiger partial charge in [0, 0.05) is 36.5 Å². The van der Waals surface area contributed by atoms with E-state index in [0.717, 1.165) is 19.3 Å². The van der Waals surface area contributed by atoms with Gasteiger partial charge in [0.15, 0.2) is 0 Å². The van der Waals surface area contributed by atoms with Crippen LogP contribution in [0, 0.1) is 17.2 Å². The average Bonchev–Trinajstić information content (AvgIpc) is 2.66. The summed E-state index contributed by atoms with van der Waals surface area (Å²) in [6.07, 6.45) is 10.3. The summed E-state index contributed by atoms with van der Waals surface area (Å²) in [5, 5.41) is 18.8. The molecule has 2 aliphatic rings. The highest BCUT2D eigenvalue weighted by atomic mass is 16.4. The van der Waals surface area contributed by atoms with Crippen molar-refractivity contribution in [1.29, 1.82) is 5.26 Å². The topological polar surface area (TPSA) is 77.2 Å². The van der Waals surface area contributed by atoms with Gasteiger partial charge in [-0.3, -0.25) is 9.88 Å². The largest absolute Gasteiger partial charge is 0.478 e. The molecular formula is C21H23N3O2. The van der Waals surface area contributed by atoms with Crippen LogP contribution in [0.3, 0.4) is 0 Å². The minimum absolute atomic E-state index is 0.126. The van der Waals surface area contributed by atoms with E-state index in [1.165, 1.54) is 11.1 Å². The van der Waals surface area contributed by atoms with Crippen molar-refractivity contribution in [3.05, 3.63) is 65.5 Å². The summed E-state index contributed by atoms with van der Waals surface area (Å²) >= 11 is 0. The number of nitrogens with zero attached hydrogens (tertiary/aromatic N) is 3. The number of hydrogen-bond acceptors (Lipinski definition) is 4. The first-order valence-electron chi connectivity index (χ1n) is 8.83. The van der Waals surface area contributed by atoms with Crippen LogP contribution < -0.4 is 0 Å². The number of hydrogen-bond donors (Lipinski definition) is 1. The molecule has 1 heterocycles. The van der Waals surface area contributed by atoms with Gasteiger partial charge in [-0.25, -0.2) is 4.79 Å². The smallest absolute Gasteiger partial charge is 0.333 e. The molecule has 3 rings (SSSR count). The molecule has 0 aliphatic heterocycles. The summed E-state index contributed by atoms with van der Waals surface area (Å²) in [7, 11) is 1.88. The molecule has 0 spiro atoms. The Morgan fingerprint density at radius 2 is 2.31 bits per heavy atom. The zero-order chi connectivity index (χ0) is 18.7. The number of aromatic nitrogens is 1. The van der Waals surface area contributed by atoms with Crippen LogP contribution >= 0.6 is 0 Å². The number of fused-ring (bicyclic) bond motifs is 1. The van der Waals surface area contributed by atoms with E-state index in [-0.39, 0.29) is 12.0 Å². The Morgan fingerprint density at radius 1 is 1.50 bits per heavy atom. The van der Waals surface area contributed by atoms with Gasteiger partial charge in [0.1, 0.15) is 0 Å². The Kier molecular flexibility index (Phi) is 5.34. The first kappa shape index (κ1) is 18.1. The highest BCUT2D eigenvalue weighted by molar-refractivity contribution is 5.89. The van der Waals surface area contributed by atoms with Crippen LogP contribution in [0.25, 0.3) is 0 Å². The molecule has 5 heteroatoms. The van der Waals surface area contributed by atoms with E-state index in [1.54, 1.807) is 12.3 Å². The third-order valence-corrected chi connectivity index (χ3v) is 5.45. The summed E-state index contributed by atoms with van der Waals surface area (Å²) in [5.41, 5.74) is 3.34. The summed E-state index contributed by atoms with van der Waals surface area (Å²) in [5.74, 6) is -0.404. The lowest BCUT2D eigenvalue weighted by Crippen LogP contribution is -2.45. The number of allylic oxidation sites excluding steroid dienone is 2. The number of nitriles is 1. The fourth-order valence-corrected chi connectivity index (χ4v) is 4.25. The van der Waals surface area contributed by atoms with Crippen LogP contribution in [-0.4, -0.2) is 40.6 Å². The Balaban J connectivity index is 1.90. The fourth-order valence-electron chi connectivity index (χ4n) is 4.25. The molecule has 1 aromatic rings. The first-order chi connectivity index (χ1) is 12.5. The Bertz CT molecular complexity index is 804. The maximum atomic E-state index is 11.8. The number of carboxylic acids is 1. The van der Waals surface area contributed by atoms with Gasteiger partial charge in [0.2, 0.25) is 0 Å². The van der Waals surface area contributed by atoms with Crippen molar-refractivity contribution in [2.45, 2.75) is 31.2 Å². The van der Waals surface area contributed by atoms with Crippen LogP contribution in [0.4, 0.5) is 0 Å². The zero-order valence-electron chi connectivity index (χ0n) is 14.9. The molecule has 1 saturated carbocycles. The standard InChI is InChI=1S/C21H23N3O2/c1-14(11-22)13-24(2)20-18(21(25)26)8-7-15-5-6-16(10-19(15)20)17-4-3-9-23-12-17/h3-4,7-9,12,16,19-20H,1,5-6,10,13H2,2H3,(H,25,26). The third kappa shape index (κ3) is 3.61. The lowest BCUT2D eigenvalue weighted by Gasteiger charge is -2.42. The molecular weight excluding hydrogens is 326 g/mol. The SMILES string of the molecule is C=C(C#N)CN(C)C1C(C(=O)O)=CC=C2CCC(c3cccnc3)CC21. The maximum absolute atomic E-state index is 11.8. The van der Waals surface area contributed by atoms with Crippen molar-refractivity contribution in [2.24, 2.45) is 5.92 Å². The molecule has 5 nitrogen and oxygen atoms in total. The molecule has 2 aliphatic carbocycles. The second-order valence-electron chi connectivity index (χ2n) is 7.11. The van der Waals surface area contributed by atoms with Crippen molar-refractivity contribution in [3.63, 3.8) is 0 Å². The van der Waals surface area contributed by atoms with Gasteiger partial charge in [-0.15, -0.1) is 0 Å². The van der Waals surface area contributed by atoms with Crippen molar-refractivity contribution < 1.29 is 9.90 Å². The summed E-state index contributed by atoms with van der Waals surface area (Å²) in [6, 6.07) is 5.85. The number of likely N-dealkylation sites (N-methyl/N-ethyl adjacent to an activating group) is 1. The fraction of sp³-hybridized carbons (Fsp3) is 0.381. The molecule has 3 atom stereocenters. The number of aliphatic carboxylic acids is 1. The minimum Gasteiger partial charge on any atom is -0.478 e. The molecule has 0 aromatic carbocycles. The zero-order valence-corrected chi connectivity index (χ0v) is 14.9. The predicted octanol–water partition coefficient (Wildman–Crippen LogP) is 3.30. The number of carbonyl (C=O) groups is 1. The van der Waals surface area contributed by atoms with Crippen molar-refractivity contribution in [3.8, 4) is 6.07 Å². The van der Waals surface area contributed by atoms with E-state index < -0.39 is 5.97 Å². The molecule has 0 bridgehead atoms. The van der Waals surface area contributed by atoms with E-state index in [0.29, 0.717) is 23.6 Å². The molecule has 0 amide bonds. The van der Waals surface area contributed by atoms with Crippen LogP contribution in [0.5, 0.6) is 0 Å². The maximum Gasteiger partial charge on any atom is 0.333 e. The highest BCUT2D eigenvalue weighted by Gasteiger charge is 2.40. The molecule has 0 radical (unpaired) electrons. The van der Waals surface area contributed by atoms with Gasteiger partial charge in [-0.2, -0.15) is 5.26 Å². The first-order valence-corrected chi connectivity index (χ1v) is 8.83. The van der Waals surface area contributed by atoms with Crippen molar-refractivity contribution in [2.75, 3.05) is 13.6 Å². The van der Waals surface area contributed by atoms with E-state index >= 15 is 0 Å². The quantitative estimate of drug-likeness (QED) is 0.825. The number of carboxylic acid groups (broad SMARTS) is 1. The number of pyridine rings is 1. The van der Waals surface area contributed by atoms with Crippen LogP contribution in [0.15, 0.2) is 60.0 Å². The third-order valence-electron chi connectivity index (χ3n) is 5.45. The second kappa shape index (κ2) is 7.67. The molecule has 26 heavy (non-hydrogen) atoms. The van der Waals surface area contributed by atoms with Gasteiger partial charge in [0.05, 0.1) is 11.6 Å². The molecule has 1 fully saturated rings. The molecule has 1 N–H and O–H groups in total. The lowest BCUT2D eigenvalue weighted by molar-refractivity contribution is -0.133. The van der Waals surface area contributed by atoms with E-state index in [4.69, 9.17) is 5.26 Å². The second-order valence-corrected chi connectivity index (χ2v) is 7.11. The van der Waals surface area contributed by atoms with Crippen LogP contribution in [-0.2, 0) is 4.79 Å². The molecule has 1 aromatic heterocycles. The van der Waals surface area contributed by atoms with Gasteiger partial charge in [-0.05, 0) is 43.9 Å². The van der Waals surface area contributed by atoms with Gasteiger partial charge in [-0.1, -0.05) is 30.4 Å². The summed E-state index contributed by atoms with van der Waals surface area (Å²) < 4.78 is 0. The van der Waals surface area contributed by atoms with E-state index in [1.807, 2.05) is 30.3 Å². The summed E-state index contributed by atoms with van der Waals surface area (Å²) in [4.78, 5) is 18.0. The number of rotatable bonds is 5. The minimum atomic E-state index is -0.900.